The number of anilines is 1. The van der Waals surface area contributed by atoms with Crippen molar-refractivity contribution in [2.24, 2.45) is 0 Å². The molecular weight excluding hydrogens is 390 g/mol. The number of hydrogen-bond acceptors (Lipinski definition) is 5. The average Bonchev–Trinajstić information content (AvgIpc) is 3.22. The highest BCUT2D eigenvalue weighted by atomic mass is 35.5. The lowest BCUT2D eigenvalue weighted by Gasteiger charge is -2.11. The number of nitrogens with zero attached hydrogens (tertiary/aromatic N) is 2. The predicted octanol–water partition coefficient (Wildman–Crippen LogP) is 4.93. The highest BCUT2D eigenvalue weighted by Crippen LogP contribution is 2.36. The third-order valence-corrected chi connectivity index (χ3v) is 4.94. The number of ether oxygens (including phenoxy) is 2. The summed E-state index contributed by atoms with van der Waals surface area (Å²) in [5.74, 6) is 1.06. The topological polar surface area (TPSA) is 73.3 Å². The Balaban J connectivity index is 1.61. The van der Waals surface area contributed by atoms with Crippen LogP contribution in [-0.2, 0) is 0 Å². The van der Waals surface area contributed by atoms with Gasteiger partial charge >= 0.3 is 0 Å². The van der Waals surface area contributed by atoms with Gasteiger partial charge in [-0.05, 0) is 42.5 Å². The van der Waals surface area contributed by atoms with Gasteiger partial charge in [0.1, 0.15) is 0 Å². The van der Waals surface area contributed by atoms with Crippen LogP contribution in [0.1, 0.15) is 10.4 Å². The lowest BCUT2D eigenvalue weighted by Crippen LogP contribution is -2.13. The highest BCUT2D eigenvalue weighted by molar-refractivity contribution is 6.32. The largest absolute Gasteiger partial charge is 0.454 e. The second kappa shape index (κ2) is 7.07. The van der Waals surface area contributed by atoms with E-state index >= 15 is 0 Å². The van der Waals surface area contributed by atoms with Crippen LogP contribution in [0.15, 0.2) is 66.9 Å². The molecule has 2 aromatic carbocycles. The normalized spacial score (nSPS) is 12.2. The van der Waals surface area contributed by atoms with Crippen LogP contribution < -0.4 is 14.8 Å². The lowest BCUT2D eigenvalue weighted by atomic mass is 10.0. The van der Waals surface area contributed by atoms with Gasteiger partial charge in [0.15, 0.2) is 16.7 Å². The van der Waals surface area contributed by atoms with Gasteiger partial charge in [-0.25, -0.2) is 9.97 Å². The molecule has 4 aromatic rings. The fraction of sp³-hybridized carbons (Fsp3) is 0.0455. The summed E-state index contributed by atoms with van der Waals surface area (Å²) >= 11 is 6.09. The number of amides is 1. The van der Waals surface area contributed by atoms with Gasteiger partial charge in [0.25, 0.3) is 5.91 Å². The molecule has 0 bridgehead atoms. The monoisotopic (exact) mass is 403 g/mol. The number of fused-ring (bicyclic) bond motifs is 2. The number of halogens is 1. The summed E-state index contributed by atoms with van der Waals surface area (Å²) in [7, 11) is 0. The molecule has 0 spiro atoms. The Kier molecular flexibility index (Phi) is 4.26. The van der Waals surface area contributed by atoms with Crippen LogP contribution in [0.5, 0.6) is 11.5 Å². The van der Waals surface area contributed by atoms with E-state index in [0.29, 0.717) is 34.0 Å². The van der Waals surface area contributed by atoms with Gasteiger partial charge in [-0.1, -0.05) is 29.8 Å². The molecule has 5 rings (SSSR count). The number of hydrogen-bond donors (Lipinski definition) is 1. The summed E-state index contributed by atoms with van der Waals surface area (Å²) in [6.07, 6.45) is 1.57. The van der Waals surface area contributed by atoms with Crippen LogP contribution in [-0.4, -0.2) is 22.7 Å². The zero-order chi connectivity index (χ0) is 19.8. The smallest absolute Gasteiger partial charge is 0.256 e. The molecule has 1 aliphatic rings. The molecule has 0 saturated carbocycles. The van der Waals surface area contributed by atoms with Crippen molar-refractivity contribution < 1.29 is 14.3 Å². The van der Waals surface area contributed by atoms with E-state index in [1.54, 1.807) is 24.4 Å². The number of benzene rings is 2. The molecule has 29 heavy (non-hydrogen) atoms. The van der Waals surface area contributed by atoms with E-state index in [4.69, 9.17) is 26.1 Å². The van der Waals surface area contributed by atoms with Crippen molar-refractivity contribution in [1.82, 2.24) is 9.97 Å². The molecular formula is C22H14ClN3O3. The maximum Gasteiger partial charge on any atom is 0.256 e. The summed E-state index contributed by atoms with van der Waals surface area (Å²) in [6, 6.07) is 18.3. The standard InChI is InChI=1S/C22H14ClN3O3/c23-21-17(6-3-9-24-21)26-22(27)15-11-18(25-16-5-2-1-4-14(15)16)13-7-8-19-20(10-13)29-12-28-19/h1-11H,12H2,(H,26,27). The van der Waals surface area contributed by atoms with Crippen molar-refractivity contribution >= 4 is 34.1 Å². The van der Waals surface area contributed by atoms with E-state index < -0.39 is 0 Å². The van der Waals surface area contributed by atoms with Gasteiger partial charge in [0.05, 0.1) is 22.5 Å². The quantitative estimate of drug-likeness (QED) is 0.491. The van der Waals surface area contributed by atoms with E-state index in [1.807, 2.05) is 42.5 Å². The maximum absolute atomic E-state index is 13.1. The van der Waals surface area contributed by atoms with Gasteiger partial charge < -0.3 is 14.8 Å². The lowest BCUT2D eigenvalue weighted by molar-refractivity contribution is 0.102. The zero-order valence-electron chi connectivity index (χ0n) is 15.1. The SMILES string of the molecule is O=C(Nc1cccnc1Cl)c1cc(-c2ccc3c(c2)OCO3)nc2ccccc12. The van der Waals surface area contributed by atoms with E-state index in [2.05, 4.69) is 10.3 Å². The number of aromatic nitrogens is 2. The van der Waals surface area contributed by atoms with Crippen LogP contribution in [0.4, 0.5) is 5.69 Å². The first-order valence-electron chi connectivity index (χ1n) is 8.91. The Bertz CT molecular complexity index is 1260. The molecule has 1 aliphatic heterocycles. The molecule has 0 unspecified atom stereocenters. The highest BCUT2D eigenvalue weighted by Gasteiger charge is 2.18. The van der Waals surface area contributed by atoms with Crippen LogP contribution in [0, 0.1) is 0 Å². The Hall–Kier alpha value is -3.64. The minimum absolute atomic E-state index is 0.198. The number of carbonyl (C=O) groups is 1. The number of carbonyl (C=O) groups excluding carboxylic acids is 1. The Labute approximate surface area is 171 Å². The summed E-state index contributed by atoms with van der Waals surface area (Å²) in [5.41, 5.74) is 3.14. The minimum atomic E-state index is -0.291. The molecule has 2 aromatic heterocycles. The Morgan fingerprint density at radius 3 is 2.76 bits per heavy atom. The van der Waals surface area contributed by atoms with Crippen LogP contribution in [0.3, 0.4) is 0 Å². The first-order chi connectivity index (χ1) is 14.2. The first kappa shape index (κ1) is 17.5. The van der Waals surface area contributed by atoms with Gasteiger partial charge in [-0.2, -0.15) is 0 Å². The van der Waals surface area contributed by atoms with Gasteiger partial charge in [0.2, 0.25) is 6.79 Å². The molecule has 0 fully saturated rings. The molecule has 0 aliphatic carbocycles. The van der Waals surface area contributed by atoms with Crippen molar-refractivity contribution in [3.05, 3.63) is 77.6 Å². The molecule has 3 heterocycles. The van der Waals surface area contributed by atoms with Gasteiger partial charge in [0, 0.05) is 17.1 Å². The first-order valence-corrected chi connectivity index (χ1v) is 9.28. The molecule has 0 radical (unpaired) electrons. The third kappa shape index (κ3) is 3.23. The summed E-state index contributed by atoms with van der Waals surface area (Å²) < 4.78 is 10.8. The van der Waals surface area contributed by atoms with Gasteiger partial charge in [-0.15, -0.1) is 0 Å². The molecule has 142 valence electrons. The number of nitrogens with one attached hydrogen (secondary N) is 1. The molecule has 0 saturated heterocycles. The number of rotatable bonds is 3. The third-order valence-electron chi connectivity index (χ3n) is 4.64. The summed E-state index contributed by atoms with van der Waals surface area (Å²) in [6.45, 7) is 0.198. The van der Waals surface area contributed by atoms with Crippen molar-refractivity contribution in [3.8, 4) is 22.8 Å². The van der Waals surface area contributed by atoms with Crippen molar-refractivity contribution in [3.63, 3.8) is 0 Å². The van der Waals surface area contributed by atoms with Crippen molar-refractivity contribution in [1.29, 1.82) is 0 Å². The fourth-order valence-corrected chi connectivity index (χ4v) is 3.40. The average molecular weight is 404 g/mol. The zero-order valence-corrected chi connectivity index (χ0v) is 15.8. The van der Waals surface area contributed by atoms with E-state index in [-0.39, 0.29) is 17.9 Å². The molecule has 1 N–H and O–H groups in total. The second-order valence-corrected chi connectivity index (χ2v) is 6.79. The molecule has 1 amide bonds. The summed E-state index contributed by atoms with van der Waals surface area (Å²) in [4.78, 5) is 21.8. The van der Waals surface area contributed by atoms with E-state index in [9.17, 15) is 4.79 Å². The van der Waals surface area contributed by atoms with E-state index in [1.165, 1.54) is 0 Å². The Morgan fingerprint density at radius 1 is 1.00 bits per heavy atom. The fourth-order valence-electron chi connectivity index (χ4n) is 3.24. The van der Waals surface area contributed by atoms with Crippen LogP contribution in [0.2, 0.25) is 5.15 Å². The second-order valence-electron chi connectivity index (χ2n) is 6.44. The minimum Gasteiger partial charge on any atom is -0.454 e. The van der Waals surface area contributed by atoms with Crippen molar-refractivity contribution in [2.75, 3.05) is 12.1 Å². The van der Waals surface area contributed by atoms with Crippen molar-refractivity contribution in [2.45, 2.75) is 0 Å². The van der Waals surface area contributed by atoms with E-state index in [0.717, 1.165) is 10.9 Å². The maximum atomic E-state index is 13.1. The number of para-hydroxylation sites is 1. The van der Waals surface area contributed by atoms with Gasteiger partial charge in [-0.3, -0.25) is 4.79 Å². The predicted molar refractivity (Wildman–Crippen MR) is 111 cm³/mol. The summed E-state index contributed by atoms with van der Waals surface area (Å²) in [5, 5.41) is 3.81. The molecule has 7 heteroatoms. The number of pyridine rings is 2. The molecule has 0 atom stereocenters. The molecule has 6 nitrogen and oxygen atoms in total. The Morgan fingerprint density at radius 2 is 1.86 bits per heavy atom. The van der Waals surface area contributed by atoms with Crippen LogP contribution in [0.25, 0.3) is 22.2 Å². The van der Waals surface area contributed by atoms with Crippen LogP contribution >= 0.6 is 11.6 Å².